The maximum Gasteiger partial charge on any atom is 0.513 e. The standard InChI is InChI=1S/C27H41NO11/c1-6-9-13-33-25(30)38-22-12-11-20(16-23(22)39-26(31)34-14-10-7-2)15-21(28)24(29)35-17-19(5)37-27(32)36-18(4)8-3/h11-12,16,18-19,21H,6-10,13-15,17,28H2,1-5H3/t18?,19-,21-/m0/s1. The Morgan fingerprint density at radius 2 is 1.33 bits per heavy atom. The van der Waals surface area contributed by atoms with Gasteiger partial charge in [-0.3, -0.25) is 4.79 Å². The monoisotopic (exact) mass is 555 g/mol. The molecule has 0 aliphatic heterocycles. The lowest BCUT2D eigenvalue weighted by atomic mass is 10.1. The number of carbonyl (C=O) groups excluding carboxylic acids is 4. The van der Waals surface area contributed by atoms with Crippen LogP contribution in [0.1, 0.15) is 72.3 Å². The summed E-state index contributed by atoms with van der Waals surface area (Å²) in [5.74, 6) is -0.912. The average Bonchev–Trinajstić information content (AvgIpc) is 2.88. The van der Waals surface area contributed by atoms with Gasteiger partial charge >= 0.3 is 24.4 Å². The second-order valence-corrected chi connectivity index (χ2v) is 8.85. The highest BCUT2D eigenvalue weighted by molar-refractivity contribution is 5.76. The van der Waals surface area contributed by atoms with E-state index in [0.29, 0.717) is 24.8 Å². The van der Waals surface area contributed by atoms with Crippen molar-refractivity contribution in [2.75, 3.05) is 19.8 Å². The van der Waals surface area contributed by atoms with Crippen molar-refractivity contribution in [1.82, 2.24) is 0 Å². The van der Waals surface area contributed by atoms with Crippen LogP contribution in [-0.2, 0) is 34.9 Å². The zero-order valence-corrected chi connectivity index (χ0v) is 23.4. The number of hydrogen-bond donors (Lipinski definition) is 1. The van der Waals surface area contributed by atoms with E-state index in [9.17, 15) is 19.2 Å². The molecule has 220 valence electrons. The van der Waals surface area contributed by atoms with E-state index in [1.807, 2.05) is 20.8 Å². The number of hydrogen-bond acceptors (Lipinski definition) is 12. The molecule has 39 heavy (non-hydrogen) atoms. The minimum absolute atomic E-state index is 0.00654. The lowest BCUT2D eigenvalue weighted by Gasteiger charge is -2.17. The number of nitrogens with two attached hydrogens (primary N) is 1. The molecule has 0 saturated heterocycles. The molecule has 12 heteroatoms. The second kappa shape index (κ2) is 18.7. The van der Waals surface area contributed by atoms with Crippen molar-refractivity contribution in [2.24, 2.45) is 5.73 Å². The van der Waals surface area contributed by atoms with Crippen LogP contribution in [0.3, 0.4) is 0 Å². The van der Waals surface area contributed by atoms with Crippen LogP contribution in [-0.4, -0.2) is 62.5 Å². The first kappa shape index (κ1) is 33.5. The van der Waals surface area contributed by atoms with E-state index in [4.69, 9.17) is 38.9 Å². The Morgan fingerprint density at radius 1 is 0.769 bits per heavy atom. The highest BCUT2D eigenvalue weighted by Gasteiger charge is 2.22. The maximum absolute atomic E-state index is 12.4. The zero-order valence-electron chi connectivity index (χ0n) is 23.4. The SMILES string of the molecule is CCCCOC(=O)Oc1ccc(C[C@H](N)C(=O)OC[C@H](C)OC(=O)OC(C)CC)cc1OC(=O)OCCCC. The topological polar surface area (TPSA) is 159 Å². The van der Waals surface area contributed by atoms with Crippen molar-refractivity contribution in [3.05, 3.63) is 23.8 Å². The minimum atomic E-state index is -1.08. The van der Waals surface area contributed by atoms with Crippen molar-refractivity contribution in [3.8, 4) is 11.5 Å². The molecule has 0 aromatic heterocycles. The predicted octanol–water partition coefficient (Wildman–Crippen LogP) is 5.07. The van der Waals surface area contributed by atoms with Crippen LogP contribution < -0.4 is 15.2 Å². The first-order valence-corrected chi connectivity index (χ1v) is 13.2. The van der Waals surface area contributed by atoms with Crippen LogP contribution in [0.2, 0.25) is 0 Å². The van der Waals surface area contributed by atoms with Crippen molar-refractivity contribution in [1.29, 1.82) is 0 Å². The van der Waals surface area contributed by atoms with Gasteiger partial charge in [0, 0.05) is 0 Å². The van der Waals surface area contributed by atoms with Gasteiger partial charge in [0.25, 0.3) is 0 Å². The second-order valence-electron chi connectivity index (χ2n) is 8.85. The molecule has 1 aromatic rings. The first-order valence-electron chi connectivity index (χ1n) is 13.2. The largest absolute Gasteiger partial charge is 0.513 e. The Kier molecular flexibility index (Phi) is 16.0. The third kappa shape index (κ3) is 14.3. The van der Waals surface area contributed by atoms with Crippen molar-refractivity contribution >= 4 is 24.4 Å². The van der Waals surface area contributed by atoms with Crippen LogP contribution >= 0.6 is 0 Å². The molecule has 1 unspecified atom stereocenters. The Hall–Kier alpha value is -3.54. The molecule has 12 nitrogen and oxygen atoms in total. The van der Waals surface area contributed by atoms with Crippen molar-refractivity contribution in [3.63, 3.8) is 0 Å². The predicted molar refractivity (Wildman–Crippen MR) is 140 cm³/mol. The molecule has 0 radical (unpaired) electrons. The fourth-order valence-corrected chi connectivity index (χ4v) is 2.80. The molecule has 0 aliphatic rings. The number of unbranched alkanes of at least 4 members (excludes halogenated alkanes) is 2. The van der Waals surface area contributed by atoms with Crippen LogP contribution in [0.15, 0.2) is 18.2 Å². The average molecular weight is 556 g/mol. The van der Waals surface area contributed by atoms with Gasteiger partial charge in [-0.15, -0.1) is 0 Å². The van der Waals surface area contributed by atoms with Crippen LogP contribution in [0.4, 0.5) is 14.4 Å². The van der Waals surface area contributed by atoms with Crippen LogP contribution in [0.5, 0.6) is 11.5 Å². The number of rotatable bonds is 16. The summed E-state index contributed by atoms with van der Waals surface area (Å²) >= 11 is 0. The smallest absolute Gasteiger partial charge is 0.461 e. The fourth-order valence-electron chi connectivity index (χ4n) is 2.80. The van der Waals surface area contributed by atoms with Gasteiger partial charge in [-0.1, -0.05) is 39.7 Å². The number of carbonyl (C=O) groups is 4. The molecule has 0 aliphatic carbocycles. The Labute approximate surface area is 229 Å². The number of ether oxygens (including phenoxy) is 7. The molecule has 0 amide bonds. The summed E-state index contributed by atoms with van der Waals surface area (Å²) in [6.07, 6.45) is -0.205. The molecule has 0 fully saturated rings. The minimum Gasteiger partial charge on any atom is -0.461 e. The normalized spacial score (nSPS) is 12.9. The van der Waals surface area contributed by atoms with Gasteiger partial charge in [-0.05, 0) is 57.2 Å². The molecule has 3 atom stereocenters. The van der Waals surface area contributed by atoms with E-state index in [2.05, 4.69) is 0 Å². The summed E-state index contributed by atoms with van der Waals surface area (Å²) < 4.78 is 35.7. The van der Waals surface area contributed by atoms with E-state index >= 15 is 0 Å². The molecule has 0 spiro atoms. The van der Waals surface area contributed by atoms with Crippen LogP contribution in [0, 0.1) is 0 Å². The summed E-state index contributed by atoms with van der Waals surface area (Å²) in [5.41, 5.74) is 6.48. The van der Waals surface area contributed by atoms with E-state index in [1.54, 1.807) is 19.9 Å². The van der Waals surface area contributed by atoms with Gasteiger partial charge in [0.2, 0.25) is 0 Å². The lowest BCUT2D eigenvalue weighted by molar-refractivity contribution is -0.148. The third-order valence-corrected chi connectivity index (χ3v) is 5.22. The highest BCUT2D eigenvalue weighted by atomic mass is 16.7. The summed E-state index contributed by atoms with van der Waals surface area (Å²) in [7, 11) is 0. The van der Waals surface area contributed by atoms with E-state index < -0.39 is 36.6 Å². The Bertz CT molecular complexity index is 921. The molecule has 0 saturated carbocycles. The molecule has 0 heterocycles. The Balaban J connectivity index is 2.80. The van der Waals surface area contributed by atoms with Gasteiger partial charge in [-0.2, -0.15) is 0 Å². The molecule has 1 rings (SSSR count). The summed E-state index contributed by atoms with van der Waals surface area (Å²) in [6.45, 7) is 9.16. The van der Waals surface area contributed by atoms with E-state index in [0.717, 1.165) is 12.8 Å². The summed E-state index contributed by atoms with van der Waals surface area (Å²) in [6, 6.07) is 3.26. The van der Waals surface area contributed by atoms with Gasteiger partial charge in [0.05, 0.1) is 13.2 Å². The quantitative estimate of drug-likeness (QED) is 0.125. The number of esters is 1. The van der Waals surface area contributed by atoms with Gasteiger partial charge in [0.15, 0.2) is 11.5 Å². The molecule has 0 bridgehead atoms. The summed E-state index contributed by atoms with van der Waals surface area (Å²) in [5, 5.41) is 0. The summed E-state index contributed by atoms with van der Waals surface area (Å²) in [4.78, 5) is 48.2. The first-order chi connectivity index (χ1) is 18.6. The zero-order chi connectivity index (χ0) is 29.2. The fraction of sp³-hybridized carbons (Fsp3) is 0.630. The highest BCUT2D eigenvalue weighted by Crippen LogP contribution is 2.30. The van der Waals surface area contributed by atoms with Crippen molar-refractivity contribution < 1.29 is 52.3 Å². The van der Waals surface area contributed by atoms with Gasteiger partial charge < -0.3 is 38.9 Å². The van der Waals surface area contributed by atoms with Crippen LogP contribution in [0.25, 0.3) is 0 Å². The molecular formula is C27H41NO11. The van der Waals surface area contributed by atoms with E-state index in [1.165, 1.54) is 12.1 Å². The third-order valence-electron chi connectivity index (χ3n) is 5.22. The van der Waals surface area contributed by atoms with Crippen molar-refractivity contribution in [2.45, 2.75) is 91.4 Å². The Morgan fingerprint density at radius 3 is 1.90 bits per heavy atom. The number of benzene rings is 1. The lowest BCUT2D eigenvalue weighted by Crippen LogP contribution is -2.36. The van der Waals surface area contributed by atoms with E-state index in [-0.39, 0.29) is 43.8 Å². The van der Waals surface area contributed by atoms with Gasteiger partial charge in [0.1, 0.15) is 24.9 Å². The molecule has 2 N–H and O–H groups in total. The van der Waals surface area contributed by atoms with Gasteiger partial charge in [-0.25, -0.2) is 14.4 Å². The molecule has 1 aromatic carbocycles. The molecular weight excluding hydrogens is 514 g/mol. The maximum atomic E-state index is 12.4.